The second kappa shape index (κ2) is 7.90. The molecule has 1 aromatic carbocycles. The predicted octanol–water partition coefficient (Wildman–Crippen LogP) is 1.11. The zero-order chi connectivity index (χ0) is 19.4. The second-order valence-corrected chi connectivity index (χ2v) is 6.18. The summed E-state index contributed by atoms with van der Waals surface area (Å²) in [5.74, 6) is 0.541. The molecule has 1 aliphatic rings. The van der Waals surface area contributed by atoms with Crippen LogP contribution in [0.4, 0.5) is 11.4 Å². The monoisotopic (exact) mass is 372 g/mol. The number of anilines is 1. The number of piperazine rings is 1. The van der Waals surface area contributed by atoms with Crippen LogP contribution in [0.15, 0.2) is 47.4 Å². The van der Waals surface area contributed by atoms with Gasteiger partial charge in [-0.15, -0.1) is 0 Å². The van der Waals surface area contributed by atoms with E-state index < -0.39 is 10.5 Å². The molecule has 9 heteroatoms. The van der Waals surface area contributed by atoms with Gasteiger partial charge < -0.3 is 14.5 Å². The molecule has 0 unspecified atom stereocenters. The van der Waals surface area contributed by atoms with Gasteiger partial charge in [0.2, 0.25) is 5.91 Å². The minimum Gasteiger partial charge on any atom is -0.497 e. The van der Waals surface area contributed by atoms with E-state index in [0.29, 0.717) is 26.2 Å². The van der Waals surface area contributed by atoms with Gasteiger partial charge in [0.15, 0.2) is 0 Å². The maximum atomic E-state index is 12.5. The van der Waals surface area contributed by atoms with Crippen molar-refractivity contribution < 1.29 is 14.5 Å². The van der Waals surface area contributed by atoms with Crippen molar-refractivity contribution in [2.24, 2.45) is 0 Å². The van der Waals surface area contributed by atoms with E-state index in [4.69, 9.17) is 4.74 Å². The molecule has 1 amide bonds. The summed E-state index contributed by atoms with van der Waals surface area (Å²) in [6.07, 6.45) is 1.10. The van der Waals surface area contributed by atoms with Crippen molar-refractivity contribution in [2.45, 2.75) is 6.54 Å². The lowest BCUT2D eigenvalue weighted by Crippen LogP contribution is -2.50. The van der Waals surface area contributed by atoms with Gasteiger partial charge in [-0.25, -0.2) is 0 Å². The first-order valence-corrected chi connectivity index (χ1v) is 8.49. The molecule has 0 N–H and O–H groups in total. The highest BCUT2D eigenvalue weighted by molar-refractivity contribution is 5.76. The van der Waals surface area contributed by atoms with Crippen LogP contribution in [0.2, 0.25) is 0 Å². The summed E-state index contributed by atoms with van der Waals surface area (Å²) in [4.78, 5) is 38.4. The Kier molecular flexibility index (Phi) is 5.39. The van der Waals surface area contributed by atoms with Gasteiger partial charge in [-0.05, 0) is 12.1 Å². The third kappa shape index (κ3) is 4.25. The molecule has 2 aromatic rings. The summed E-state index contributed by atoms with van der Waals surface area (Å²) in [6.45, 7) is 2.13. The predicted molar refractivity (Wildman–Crippen MR) is 99.1 cm³/mol. The average molecular weight is 372 g/mol. The number of benzene rings is 1. The molecule has 1 aromatic heterocycles. The van der Waals surface area contributed by atoms with Crippen LogP contribution in [-0.4, -0.2) is 53.6 Å². The lowest BCUT2D eigenvalue weighted by atomic mass is 10.2. The van der Waals surface area contributed by atoms with Crippen LogP contribution >= 0.6 is 0 Å². The van der Waals surface area contributed by atoms with E-state index in [2.05, 4.69) is 4.90 Å². The number of hydrogen-bond donors (Lipinski definition) is 0. The van der Waals surface area contributed by atoms with E-state index in [1.807, 2.05) is 24.3 Å². The molecule has 27 heavy (non-hydrogen) atoms. The molecule has 0 bridgehead atoms. The molecule has 9 nitrogen and oxygen atoms in total. The van der Waals surface area contributed by atoms with Crippen LogP contribution in [0.5, 0.6) is 5.75 Å². The van der Waals surface area contributed by atoms with E-state index in [-0.39, 0.29) is 18.1 Å². The van der Waals surface area contributed by atoms with E-state index in [1.54, 1.807) is 12.0 Å². The molecule has 3 rings (SSSR count). The molecular formula is C18H20N4O5. The number of methoxy groups -OCH3 is 1. The van der Waals surface area contributed by atoms with E-state index in [9.17, 15) is 19.7 Å². The molecule has 2 heterocycles. The van der Waals surface area contributed by atoms with Crippen molar-refractivity contribution in [3.63, 3.8) is 0 Å². The Morgan fingerprint density at radius 1 is 1.19 bits per heavy atom. The molecule has 0 saturated carbocycles. The highest BCUT2D eigenvalue weighted by Gasteiger charge is 2.22. The van der Waals surface area contributed by atoms with Gasteiger partial charge in [-0.3, -0.25) is 24.3 Å². The molecular weight excluding hydrogens is 352 g/mol. The smallest absolute Gasteiger partial charge is 0.285 e. The van der Waals surface area contributed by atoms with Crippen molar-refractivity contribution in [1.82, 2.24) is 9.47 Å². The van der Waals surface area contributed by atoms with Crippen molar-refractivity contribution in [2.75, 3.05) is 38.2 Å². The first-order valence-electron chi connectivity index (χ1n) is 8.49. The fourth-order valence-electron chi connectivity index (χ4n) is 3.02. The molecule has 1 saturated heterocycles. The zero-order valence-electron chi connectivity index (χ0n) is 14.9. The minimum atomic E-state index is -0.590. The fraction of sp³-hybridized carbons (Fsp3) is 0.333. The lowest BCUT2D eigenvalue weighted by molar-refractivity contribution is -0.385. The number of pyridine rings is 1. The van der Waals surface area contributed by atoms with Crippen molar-refractivity contribution in [3.05, 3.63) is 63.1 Å². The van der Waals surface area contributed by atoms with Crippen molar-refractivity contribution in [3.8, 4) is 5.75 Å². The minimum absolute atomic E-state index is 0.209. The first kappa shape index (κ1) is 18.4. The molecule has 0 aliphatic carbocycles. The Bertz CT molecular complexity index is 903. The third-order valence-corrected chi connectivity index (χ3v) is 4.54. The van der Waals surface area contributed by atoms with Crippen LogP contribution in [0.25, 0.3) is 0 Å². The largest absolute Gasteiger partial charge is 0.497 e. The Hall–Kier alpha value is -3.36. The molecule has 0 atom stereocenters. The Balaban J connectivity index is 1.63. The van der Waals surface area contributed by atoms with Crippen LogP contribution in [-0.2, 0) is 11.3 Å². The molecule has 1 fully saturated rings. The summed E-state index contributed by atoms with van der Waals surface area (Å²) >= 11 is 0. The van der Waals surface area contributed by atoms with Crippen LogP contribution in [0.3, 0.4) is 0 Å². The van der Waals surface area contributed by atoms with Gasteiger partial charge in [0, 0.05) is 50.1 Å². The number of hydrogen-bond acceptors (Lipinski definition) is 6. The van der Waals surface area contributed by atoms with Crippen molar-refractivity contribution >= 4 is 17.3 Å². The first-order chi connectivity index (χ1) is 13.0. The quantitative estimate of drug-likeness (QED) is 0.576. The van der Waals surface area contributed by atoms with Crippen LogP contribution in [0, 0.1) is 10.1 Å². The van der Waals surface area contributed by atoms with E-state index in [0.717, 1.165) is 34.3 Å². The Morgan fingerprint density at radius 2 is 1.93 bits per heavy atom. The molecule has 1 aliphatic heterocycles. The number of nitrogens with zero attached hydrogens (tertiary/aromatic N) is 4. The second-order valence-electron chi connectivity index (χ2n) is 6.18. The van der Waals surface area contributed by atoms with Gasteiger partial charge in [0.05, 0.1) is 18.2 Å². The third-order valence-electron chi connectivity index (χ3n) is 4.54. The highest BCUT2D eigenvalue weighted by Crippen LogP contribution is 2.22. The van der Waals surface area contributed by atoms with Crippen LogP contribution in [0.1, 0.15) is 0 Å². The molecule has 0 spiro atoms. The normalized spacial score (nSPS) is 14.1. The number of nitro groups is 1. The number of ether oxygens (including phenoxy) is 1. The Morgan fingerprint density at radius 3 is 2.59 bits per heavy atom. The standard InChI is InChI=1S/C18H20N4O5/c1-27-16-4-2-3-14(11-16)19-7-9-20(10-8-19)18(24)13-21-12-15(22(25)26)5-6-17(21)23/h2-6,11-12H,7-10,13H2,1H3. The highest BCUT2D eigenvalue weighted by atomic mass is 16.6. The summed E-state index contributed by atoms with van der Waals surface area (Å²) in [5, 5.41) is 10.8. The SMILES string of the molecule is COc1cccc(N2CCN(C(=O)Cn3cc([N+](=O)[O-])ccc3=O)CC2)c1. The Labute approximate surface area is 155 Å². The van der Waals surface area contributed by atoms with Gasteiger partial charge in [-0.2, -0.15) is 0 Å². The summed E-state index contributed by atoms with van der Waals surface area (Å²) < 4.78 is 6.32. The number of aromatic nitrogens is 1. The van der Waals surface area contributed by atoms with Gasteiger partial charge in [0.25, 0.3) is 11.2 Å². The van der Waals surface area contributed by atoms with E-state index in [1.165, 1.54) is 0 Å². The van der Waals surface area contributed by atoms with Gasteiger partial charge in [-0.1, -0.05) is 6.07 Å². The number of rotatable bonds is 5. The number of carbonyl (C=O) groups excluding carboxylic acids is 1. The number of carbonyl (C=O) groups is 1. The van der Waals surface area contributed by atoms with Crippen LogP contribution < -0.4 is 15.2 Å². The van der Waals surface area contributed by atoms with Crippen molar-refractivity contribution in [1.29, 1.82) is 0 Å². The van der Waals surface area contributed by atoms with E-state index >= 15 is 0 Å². The maximum absolute atomic E-state index is 12.5. The topological polar surface area (TPSA) is 97.9 Å². The lowest BCUT2D eigenvalue weighted by Gasteiger charge is -2.36. The number of amides is 1. The van der Waals surface area contributed by atoms with Gasteiger partial charge in [0.1, 0.15) is 12.3 Å². The summed E-state index contributed by atoms with van der Waals surface area (Å²) in [5.41, 5.74) is 0.366. The average Bonchev–Trinajstić information content (AvgIpc) is 2.69. The summed E-state index contributed by atoms with van der Waals surface area (Å²) in [7, 11) is 1.62. The fourth-order valence-corrected chi connectivity index (χ4v) is 3.02. The summed E-state index contributed by atoms with van der Waals surface area (Å²) in [6, 6.07) is 9.96. The molecule has 142 valence electrons. The zero-order valence-corrected chi connectivity index (χ0v) is 14.9. The maximum Gasteiger partial charge on any atom is 0.285 e. The molecule has 0 radical (unpaired) electrons. The van der Waals surface area contributed by atoms with Gasteiger partial charge >= 0.3 is 0 Å².